The fourth-order valence-electron chi connectivity index (χ4n) is 2.21. The number of rotatable bonds is 4. The Labute approximate surface area is 124 Å². The van der Waals surface area contributed by atoms with Crippen molar-refractivity contribution in [1.29, 1.82) is 0 Å². The lowest BCUT2D eigenvalue weighted by Gasteiger charge is -2.34. The summed E-state index contributed by atoms with van der Waals surface area (Å²) in [6, 6.07) is 5.31. The molecule has 1 saturated heterocycles. The number of hydrogen-bond acceptors (Lipinski definition) is 3. The highest BCUT2D eigenvalue weighted by molar-refractivity contribution is 6.37. The first-order valence-electron chi connectivity index (χ1n) is 6.55. The number of β-amino-alcohol motifs (C(OH)–C–C–N with tert-alkyl or cyclic N) is 1. The molecule has 0 aromatic heterocycles. The van der Waals surface area contributed by atoms with Crippen molar-refractivity contribution in [3.05, 3.63) is 28.2 Å². The summed E-state index contributed by atoms with van der Waals surface area (Å²) in [6.45, 7) is 5.08. The minimum atomic E-state index is -0.238. The molecule has 2 rings (SSSR count). The number of aliphatic hydroxyl groups excluding tert-OH is 1. The van der Waals surface area contributed by atoms with Crippen molar-refractivity contribution < 1.29 is 9.84 Å². The van der Waals surface area contributed by atoms with Crippen LogP contribution >= 0.6 is 23.2 Å². The summed E-state index contributed by atoms with van der Waals surface area (Å²) in [4.78, 5) is 2.20. The van der Waals surface area contributed by atoms with Gasteiger partial charge in [-0.05, 0) is 31.0 Å². The van der Waals surface area contributed by atoms with Crippen LogP contribution < -0.4 is 4.74 Å². The van der Waals surface area contributed by atoms with E-state index in [0.717, 1.165) is 19.5 Å². The van der Waals surface area contributed by atoms with E-state index in [1.54, 1.807) is 18.2 Å². The monoisotopic (exact) mass is 303 g/mol. The third-order valence-corrected chi connectivity index (χ3v) is 4.17. The number of nitrogens with zero attached hydrogens (tertiary/aromatic N) is 1. The number of aliphatic hydroxyl groups is 1. The Kier molecular flexibility index (Phi) is 5.34. The van der Waals surface area contributed by atoms with Gasteiger partial charge in [-0.25, -0.2) is 0 Å². The van der Waals surface area contributed by atoms with Gasteiger partial charge in [-0.1, -0.05) is 36.2 Å². The van der Waals surface area contributed by atoms with Gasteiger partial charge in [-0.15, -0.1) is 0 Å². The molecule has 0 radical (unpaired) electrons. The molecule has 19 heavy (non-hydrogen) atoms. The summed E-state index contributed by atoms with van der Waals surface area (Å²) in [5.74, 6) is 0.923. The van der Waals surface area contributed by atoms with Crippen LogP contribution in [0.4, 0.5) is 0 Å². The van der Waals surface area contributed by atoms with Crippen molar-refractivity contribution in [3.63, 3.8) is 0 Å². The van der Waals surface area contributed by atoms with Crippen molar-refractivity contribution in [2.75, 3.05) is 26.2 Å². The van der Waals surface area contributed by atoms with Crippen LogP contribution in [0, 0.1) is 5.92 Å². The predicted molar refractivity (Wildman–Crippen MR) is 78.2 cm³/mol. The summed E-state index contributed by atoms with van der Waals surface area (Å²) in [6.07, 6.45) is 0.784. The molecule has 3 nitrogen and oxygen atoms in total. The zero-order valence-corrected chi connectivity index (χ0v) is 12.5. The molecule has 1 aromatic rings. The van der Waals surface area contributed by atoms with Gasteiger partial charge in [-0.3, -0.25) is 4.90 Å². The van der Waals surface area contributed by atoms with Crippen LogP contribution in [0.25, 0.3) is 0 Å². The van der Waals surface area contributed by atoms with Gasteiger partial charge in [0.25, 0.3) is 0 Å². The first-order valence-corrected chi connectivity index (χ1v) is 7.30. The standard InChI is InChI=1S/C14H19Cl2NO2/c1-10-5-6-17(9-13(10)18)7-8-19-14-11(15)3-2-4-12(14)16/h2-4,10,13,18H,5-9H2,1H3. The van der Waals surface area contributed by atoms with Crippen LogP contribution in [0.5, 0.6) is 5.75 Å². The molecule has 2 unspecified atom stereocenters. The molecule has 0 spiro atoms. The molecule has 1 aromatic carbocycles. The third-order valence-electron chi connectivity index (χ3n) is 3.58. The van der Waals surface area contributed by atoms with E-state index in [4.69, 9.17) is 27.9 Å². The van der Waals surface area contributed by atoms with Gasteiger partial charge in [0, 0.05) is 13.1 Å². The highest BCUT2D eigenvalue weighted by Gasteiger charge is 2.23. The zero-order valence-electron chi connectivity index (χ0n) is 11.0. The molecular weight excluding hydrogens is 285 g/mol. The Balaban J connectivity index is 1.81. The molecule has 106 valence electrons. The molecule has 1 aliphatic rings. The second-order valence-corrected chi connectivity index (χ2v) is 5.85. The summed E-state index contributed by atoms with van der Waals surface area (Å²) < 4.78 is 5.65. The van der Waals surface area contributed by atoms with Gasteiger partial charge in [0.15, 0.2) is 5.75 Å². The lowest BCUT2D eigenvalue weighted by molar-refractivity contribution is 0.0244. The minimum Gasteiger partial charge on any atom is -0.489 e. The lowest BCUT2D eigenvalue weighted by Crippen LogP contribution is -2.44. The Morgan fingerprint density at radius 3 is 2.68 bits per heavy atom. The molecule has 1 fully saturated rings. The first kappa shape index (κ1) is 14.9. The Hall–Kier alpha value is -0.480. The molecule has 1 aliphatic heterocycles. The normalized spacial score (nSPS) is 24.4. The number of piperidine rings is 1. The van der Waals surface area contributed by atoms with Gasteiger partial charge in [-0.2, -0.15) is 0 Å². The summed E-state index contributed by atoms with van der Waals surface area (Å²) >= 11 is 12.1. The van der Waals surface area contributed by atoms with E-state index in [0.29, 0.717) is 34.9 Å². The number of para-hydroxylation sites is 1. The third kappa shape index (κ3) is 3.99. The van der Waals surface area contributed by atoms with Crippen molar-refractivity contribution >= 4 is 23.2 Å². The number of ether oxygens (including phenoxy) is 1. The maximum absolute atomic E-state index is 9.83. The quantitative estimate of drug-likeness (QED) is 0.928. The van der Waals surface area contributed by atoms with Crippen LogP contribution in [0.15, 0.2) is 18.2 Å². The second-order valence-electron chi connectivity index (χ2n) is 5.03. The van der Waals surface area contributed by atoms with Gasteiger partial charge in [0.1, 0.15) is 6.61 Å². The maximum atomic E-state index is 9.83. The Morgan fingerprint density at radius 1 is 1.37 bits per heavy atom. The van der Waals surface area contributed by atoms with E-state index in [1.165, 1.54) is 0 Å². The van der Waals surface area contributed by atoms with E-state index in [9.17, 15) is 5.11 Å². The number of halogens is 2. The van der Waals surface area contributed by atoms with E-state index in [1.807, 2.05) is 0 Å². The van der Waals surface area contributed by atoms with E-state index in [2.05, 4.69) is 11.8 Å². The molecule has 2 atom stereocenters. The summed E-state index contributed by atoms with van der Waals surface area (Å²) in [7, 11) is 0. The van der Waals surface area contributed by atoms with Gasteiger partial charge in [0.2, 0.25) is 0 Å². The molecule has 0 aliphatic carbocycles. The van der Waals surface area contributed by atoms with Gasteiger partial charge < -0.3 is 9.84 Å². The van der Waals surface area contributed by atoms with Gasteiger partial charge in [0.05, 0.1) is 16.1 Å². The minimum absolute atomic E-state index is 0.238. The molecule has 1 N–H and O–H groups in total. The average Bonchev–Trinajstić information content (AvgIpc) is 2.37. The predicted octanol–water partition coefficient (Wildman–Crippen LogP) is 3.07. The summed E-state index contributed by atoms with van der Waals surface area (Å²) in [5, 5.41) is 10.9. The smallest absolute Gasteiger partial charge is 0.156 e. The molecule has 1 heterocycles. The molecule has 0 saturated carbocycles. The van der Waals surface area contributed by atoms with Crippen LogP contribution in [0.1, 0.15) is 13.3 Å². The van der Waals surface area contributed by atoms with Crippen LogP contribution in [-0.2, 0) is 0 Å². The maximum Gasteiger partial charge on any atom is 0.156 e. The van der Waals surface area contributed by atoms with Crippen LogP contribution in [0.3, 0.4) is 0 Å². The average molecular weight is 304 g/mol. The van der Waals surface area contributed by atoms with E-state index in [-0.39, 0.29) is 6.10 Å². The molecule has 0 amide bonds. The second kappa shape index (κ2) is 6.80. The fraction of sp³-hybridized carbons (Fsp3) is 0.571. The highest BCUT2D eigenvalue weighted by atomic mass is 35.5. The highest BCUT2D eigenvalue weighted by Crippen LogP contribution is 2.32. The molecule has 5 heteroatoms. The zero-order chi connectivity index (χ0) is 13.8. The van der Waals surface area contributed by atoms with Crippen LogP contribution in [-0.4, -0.2) is 42.4 Å². The first-order chi connectivity index (χ1) is 9.08. The number of hydrogen-bond donors (Lipinski definition) is 1. The van der Waals surface area contributed by atoms with E-state index >= 15 is 0 Å². The molecular formula is C14H19Cl2NO2. The van der Waals surface area contributed by atoms with E-state index < -0.39 is 0 Å². The SMILES string of the molecule is CC1CCN(CCOc2c(Cl)cccc2Cl)CC1O. The number of likely N-dealkylation sites (tertiary alicyclic amines) is 1. The van der Waals surface area contributed by atoms with Crippen molar-refractivity contribution in [3.8, 4) is 5.75 Å². The Morgan fingerprint density at radius 2 is 2.05 bits per heavy atom. The summed E-state index contributed by atoms with van der Waals surface area (Å²) in [5.41, 5.74) is 0. The van der Waals surface area contributed by atoms with Crippen LogP contribution in [0.2, 0.25) is 10.0 Å². The lowest BCUT2D eigenvalue weighted by atomic mass is 9.96. The van der Waals surface area contributed by atoms with Gasteiger partial charge >= 0.3 is 0 Å². The van der Waals surface area contributed by atoms with Crippen molar-refractivity contribution in [2.45, 2.75) is 19.4 Å². The van der Waals surface area contributed by atoms with Crippen molar-refractivity contribution in [1.82, 2.24) is 4.90 Å². The Bertz CT molecular complexity index is 408. The van der Waals surface area contributed by atoms with Crippen molar-refractivity contribution in [2.24, 2.45) is 5.92 Å². The largest absolute Gasteiger partial charge is 0.489 e. The number of benzene rings is 1. The topological polar surface area (TPSA) is 32.7 Å². The molecule has 0 bridgehead atoms. The fourth-order valence-corrected chi connectivity index (χ4v) is 2.72.